The minimum atomic E-state index is -0.202. The van der Waals surface area contributed by atoms with Gasteiger partial charge in [-0.05, 0) is 49.2 Å². The van der Waals surface area contributed by atoms with E-state index in [1.54, 1.807) is 12.1 Å². The number of piperazine rings is 1. The number of halogens is 1. The molecule has 2 aromatic rings. The standard InChI is InChI=1S/C23H29FN4O/c24-21-5-1-2-6-22(21)27-15-17-28(18-16-27)23(29)11-12-25-19-7-9-20(10-8-19)26-13-3-4-14-26/h1-2,5-10,25H,3-4,11-18H2. The Balaban J connectivity index is 1.20. The van der Waals surface area contributed by atoms with Gasteiger partial charge in [0.2, 0.25) is 5.91 Å². The Morgan fingerprint density at radius 3 is 2.24 bits per heavy atom. The monoisotopic (exact) mass is 396 g/mol. The van der Waals surface area contributed by atoms with Crippen molar-refractivity contribution in [3.05, 3.63) is 54.3 Å². The van der Waals surface area contributed by atoms with Crippen molar-refractivity contribution < 1.29 is 9.18 Å². The van der Waals surface area contributed by atoms with Crippen molar-refractivity contribution in [1.82, 2.24) is 4.90 Å². The SMILES string of the molecule is O=C(CCNc1ccc(N2CCCC2)cc1)N1CCN(c2ccccc2F)CC1. The number of carbonyl (C=O) groups is 1. The summed E-state index contributed by atoms with van der Waals surface area (Å²) in [4.78, 5) is 18.8. The zero-order valence-corrected chi connectivity index (χ0v) is 16.8. The summed E-state index contributed by atoms with van der Waals surface area (Å²) in [6.07, 6.45) is 3.01. The molecule has 29 heavy (non-hydrogen) atoms. The summed E-state index contributed by atoms with van der Waals surface area (Å²) in [5.41, 5.74) is 2.95. The predicted molar refractivity (Wildman–Crippen MR) is 116 cm³/mol. The Morgan fingerprint density at radius 1 is 0.862 bits per heavy atom. The molecule has 0 radical (unpaired) electrons. The highest BCUT2D eigenvalue weighted by atomic mass is 19.1. The Hall–Kier alpha value is -2.76. The molecule has 2 fully saturated rings. The smallest absolute Gasteiger partial charge is 0.224 e. The molecule has 0 unspecified atom stereocenters. The minimum Gasteiger partial charge on any atom is -0.385 e. The third-order valence-electron chi connectivity index (χ3n) is 5.83. The van der Waals surface area contributed by atoms with Crippen LogP contribution in [-0.4, -0.2) is 56.6 Å². The number of hydrogen-bond acceptors (Lipinski definition) is 4. The number of nitrogens with zero attached hydrogens (tertiary/aromatic N) is 3. The molecule has 0 aliphatic carbocycles. The lowest BCUT2D eigenvalue weighted by Gasteiger charge is -2.36. The van der Waals surface area contributed by atoms with Crippen molar-refractivity contribution in [3.63, 3.8) is 0 Å². The van der Waals surface area contributed by atoms with Crippen molar-refractivity contribution in [3.8, 4) is 0 Å². The Kier molecular flexibility index (Phi) is 6.17. The molecular formula is C23H29FN4O. The highest BCUT2D eigenvalue weighted by Gasteiger charge is 2.22. The maximum absolute atomic E-state index is 13.9. The number of hydrogen-bond donors (Lipinski definition) is 1. The lowest BCUT2D eigenvalue weighted by molar-refractivity contribution is -0.131. The van der Waals surface area contributed by atoms with Crippen molar-refractivity contribution in [2.45, 2.75) is 19.3 Å². The Bertz CT molecular complexity index is 812. The number of para-hydroxylation sites is 1. The molecule has 5 nitrogen and oxygen atoms in total. The van der Waals surface area contributed by atoms with Gasteiger partial charge < -0.3 is 20.0 Å². The van der Waals surface area contributed by atoms with E-state index < -0.39 is 0 Å². The highest BCUT2D eigenvalue weighted by Crippen LogP contribution is 2.22. The van der Waals surface area contributed by atoms with E-state index in [4.69, 9.17) is 0 Å². The van der Waals surface area contributed by atoms with Crippen molar-refractivity contribution in [2.75, 3.05) is 60.9 Å². The number of rotatable bonds is 6. The van der Waals surface area contributed by atoms with Gasteiger partial charge in [0.1, 0.15) is 5.82 Å². The van der Waals surface area contributed by atoms with Crippen LogP contribution in [0.25, 0.3) is 0 Å². The van der Waals surface area contributed by atoms with Gasteiger partial charge in [0.25, 0.3) is 0 Å². The number of carbonyl (C=O) groups excluding carboxylic acids is 1. The van der Waals surface area contributed by atoms with E-state index in [9.17, 15) is 9.18 Å². The topological polar surface area (TPSA) is 38.8 Å². The highest BCUT2D eigenvalue weighted by molar-refractivity contribution is 5.77. The summed E-state index contributed by atoms with van der Waals surface area (Å²) in [7, 11) is 0. The zero-order chi connectivity index (χ0) is 20.1. The second-order valence-corrected chi connectivity index (χ2v) is 7.74. The second kappa shape index (κ2) is 9.16. The number of amides is 1. The Labute approximate surface area is 172 Å². The normalized spacial score (nSPS) is 16.9. The fourth-order valence-corrected chi connectivity index (χ4v) is 4.14. The first kappa shape index (κ1) is 19.6. The fraction of sp³-hybridized carbons (Fsp3) is 0.435. The van der Waals surface area contributed by atoms with Crippen molar-refractivity contribution >= 4 is 23.0 Å². The van der Waals surface area contributed by atoms with Crippen molar-refractivity contribution in [1.29, 1.82) is 0 Å². The molecule has 0 atom stereocenters. The summed E-state index contributed by atoms with van der Waals surface area (Å²) in [6, 6.07) is 15.3. The number of benzene rings is 2. The predicted octanol–water partition coefficient (Wildman–Crippen LogP) is 3.58. The van der Waals surface area contributed by atoms with E-state index in [2.05, 4.69) is 34.5 Å². The summed E-state index contributed by atoms with van der Waals surface area (Å²) in [6.45, 7) is 5.51. The van der Waals surface area contributed by atoms with Gasteiger partial charge in [0, 0.05) is 63.6 Å². The van der Waals surface area contributed by atoms with Gasteiger partial charge in [0.15, 0.2) is 0 Å². The zero-order valence-electron chi connectivity index (χ0n) is 16.8. The molecule has 154 valence electrons. The largest absolute Gasteiger partial charge is 0.385 e. The van der Waals surface area contributed by atoms with Crippen LogP contribution in [0.2, 0.25) is 0 Å². The summed E-state index contributed by atoms with van der Waals surface area (Å²) in [5.74, 6) is -0.0494. The maximum Gasteiger partial charge on any atom is 0.224 e. The first-order valence-electron chi connectivity index (χ1n) is 10.6. The van der Waals surface area contributed by atoms with Crippen LogP contribution in [0.5, 0.6) is 0 Å². The molecule has 1 N–H and O–H groups in total. The van der Waals surface area contributed by atoms with Crippen LogP contribution in [0, 0.1) is 5.82 Å². The van der Waals surface area contributed by atoms with Crippen LogP contribution in [-0.2, 0) is 4.79 Å². The van der Waals surface area contributed by atoms with Gasteiger partial charge in [-0.1, -0.05) is 12.1 Å². The molecule has 2 aromatic carbocycles. The first-order valence-corrected chi connectivity index (χ1v) is 10.6. The minimum absolute atomic E-state index is 0.152. The maximum atomic E-state index is 13.9. The molecule has 2 heterocycles. The first-order chi connectivity index (χ1) is 14.2. The lowest BCUT2D eigenvalue weighted by atomic mass is 10.2. The van der Waals surface area contributed by atoms with E-state index in [1.807, 2.05) is 15.9 Å². The quantitative estimate of drug-likeness (QED) is 0.810. The lowest BCUT2D eigenvalue weighted by Crippen LogP contribution is -2.49. The molecule has 6 heteroatoms. The Morgan fingerprint density at radius 2 is 1.55 bits per heavy atom. The molecular weight excluding hydrogens is 367 g/mol. The third-order valence-corrected chi connectivity index (χ3v) is 5.83. The average molecular weight is 397 g/mol. The van der Waals surface area contributed by atoms with Gasteiger partial charge in [-0.2, -0.15) is 0 Å². The molecule has 0 saturated carbocycles. The van der Waals surface area contributed by atoms with Crippen LogP contribution in [0.3, 0.4) is 0 Å². The molecule has 2 saturated heterocycles. The molecule has 0 spiro atoms. The van der Waals surface area contributed by atoms with Crippen molar-refractivity contribution in [2.24, 2.45) is 0 Å². The van der Waals surface area contributed by atoms with Gasteiger partial charge in [0.05, 0.1) is 5.69 Å². The van der Waals surface area contributed by atoms with E-state index in [1.165, 1.54) is 24.6 Å². The van der Waals surface area contributed by atoms with Gasteiger partial charge in [-0.25, -0.2) is 4.39 Å². The molecule has 2 aliphatic rings. The van der Waals surface area contributed by atoms with Gasteiger partial charge in [-0.15, -0.1) is 0 Å². The fourth-order valence-electron chi connectivity index (χ4n) is 4.14. The van der Waals surface area contributed by atoms with Crippen LogP contribution in [0.4, 0.5) is 21.5 Å². The average Bonchev–Trinajstić information content (AvgIpc) is 3.30. The third kappa shape index (κ3) is 4.81. The molecule has 0 aromatic heterocycles. The van der Waals surface area contributed by atoms with Crippen LogP contribution >= 0.6 is 0 Å². The van der Waals surface area contributed by atoms with E-state index in [0.29, 0.717) is 44.8 Å². The summed E-state index contributed by atoms with van der Waals surface area (Å²) < 4.78 is 13.9. The summed E-state index contributed by atoms with van der Waals surface area (Å²) in [5, 5.41) is 3.35. The van der Waals surface area contributed by atoms with Crippen LogP contribution < -0.4 is 15.1 Å². The van der Waals surface area contributed by atoms with Gasteiger partial charge >= 0.3 is 0 Å². The number of anilines is 3. The van der Waals surface area contributed by atoms with E-state index in [0.717, 1.165) is 18.8 Å². The molecule has 4 rings (SSSR count). The van der Waals surface area contributed by atoms with Crippen LogP contribution in [0.15, 0.2) is 48.5 Å². The molecule has 0 bridgehead atoms. The summed E-state index contributed by atoms with van der Waals surface area (Å²) >= 11 is 0. The van der Waals surface area contributed by atoms with Gasteiger partial charge in [-0.3, -0.25) is 4.79 Å². The second-order valence-electron chi connectivity index (χ2n) is 7.74. The van der Waals surface area contributed by atoms with E-state index in [-0.39, 0.29) is 11.7 Å². The van der Waals surface area contributed by atoms with E-state index >= 15 is 0 Å². The molecule has 1 amide bonds. The molecule has 2 aliphatic heterocycles. The van der Waals surface area contributed by atoms with Crippen LogP contribution in [0.1, 0.15) is 19.3 Å². The number of nitrogens with one attached hydrogen (secondary N) is 1.